The first-order valence-electron chi connectivity index (χ1n) is 10.2. The molecule has 0 unspecified atom stereocenters. The predicted molar refractivity (Wildman–Crippen MR) is 122 cm³/mol. The van der Waals surface area contributed by atoms with Crippen molar-refractivity contribution in [2.45, 2.75) is 40.3 Å². The van der Waals surface area contributed by atoms with E-state index in [1.165, 1.54) is 17.1 Å². The van der Waals surface area contributed by atoms with Crippen LogP contribution >= 0.6 is 0 Å². The molecule has 0 radical (unpaired) electrons. The van der Waals surface area contributed by atoms with Crippen molar-refractivity contribution in [2.75, 3.05) is 4.90 Å². The second kappa shape index (κ2) is 8.18. The first-order valence-corrected chi connectivity index (χ1v) is 10.2. The SMILES string of the molecule is Cc1cc(C)cc(-n2ncc3c(=O)n(CC(=O)N(c4ccccc4)C(C)C)cnc32)c1. The number of anilines is 1. The molecule has 0 saturated heterocycles. The molecule has 7 nitrogen and oxygen atoms in total. The predicted octanol–water partition coefficient (Wildman–Crippen LogP) is 3.64. The summed E-state index contributed by atoms with van der Waals surface area (Å²) in [4.78, 5) is 32.3. The van der Waals surface area contributed by atoms with E-state index in [0.29, 0.717) is 11.0 Å². The fourth-order valence-electron chi connectivity index (χ4n) is 3.86. The number of benzene rings is 2. The van der Waals surface area contributed by atoms with Crippen molar-refractivity contribution in [3.8, 4) is 5.69 Å². The topological polar surface area (TPSA) is 73.0 Å². The normalized spacial score (nSPS) is 11.3. The van der Waals surface area contributed by atoms with E-state index >= 15 is 0 Å². The van der Waals surface area contributed by atoms with E-state index in [0.717, 1.165) is 22.5 Å². The lowest BCUT2D eigenvalue weighted by Gasteiger charge is -2.27. The van der Waals surface area contributed by atoms with Gasteiger partial charge < -0.3 is 4.90 Å². The molecule has 7 heteroatoms. The van der Waals surface area contributed by atoms with Gasteiger partial charge in [0.1, 0.15) is 18.3 Å². The summed E-state index contributed by atoms with van der Waals surface area (Å²) in [6.45, 7) is 7.83. The van der Waals surface area contributed by atoms with Crippen LogP contribution in [0.1, 0.15) is 25.0 Å². The third-order valence-electron chi connectivity index (χ3n) is 5.13. The number of hydrogen-bond donors (Lipinski definition) is 0. The average molecular weight is 415 g/mol. The summed E-state index contributed by atoms with van der Waals surface area (Å²) in [5.41, 5.74) is 4.04. The standard InChI is InChI=1S/C24H25N5O2/c1-16(2)28(19-8-6-5-7-9-19)22(30)14-27-15-25-23-21(24(27)31)13-26-29(23)20-11-17(3)10-18(4)12-20/h5-13,15-16H,14H2,1-4H3. The van der Waals surface area contributed by atoms with Crippen LogP contribution in [0.5, 0.6) is 0 Å². The summed E-state index contributed by atoms with van der Waals surface area (Å²) in [6.07, 6.45) is 2.94. The molecule has 158 valence electrons. The lowest BCUT2D eigenvalue weighted by atomic mass is 10.1. The number of nitrogens with zero attached hydrogens (tertiary/aromatic N) is 5. The monoisotopic (exact) mass is 415 g/mol. The molecule has 2 heterocycles. The zero-order valence-electron chi connectivity index (χ0n) is 18.1. The smallest absolute Gasteiger partial charge is 0.264 e. The highest BCUT2D eigenvalue weighted by molar-refractivity contribution is 5.93. The van der Waals surface area contributed by atoms with E-state index < -0.39 is 0 Å². The number of aryl methyl sites for hydroxylation is 2. The summed E-state index contributed by atoms with van der Waals surface area (Å²) in [5, 5.41) is 4.77. The van der Waals surface area contributed by atoms with Crippen LogP contribution < -0.4 is 10.5 Å². The molecule has 0 atom stereocenters. The van der Waals surface area contributed by atoms with Gasteiger partial charge in [0.15, 0.2) is 5.65 Å². The molecular formula is C24H25N5O2. The average Bonchev–Trinajstić information content (AvgIpc) is 3.15. The van der Waals surface area contributed by atoms with Crippen LogP contribution in [0, 0.1) is 13.8 Å². The van der Waals surface area contributed by atoms with Gasteiger partial charge in [-0.05, 0) is 63.1 Å². The number of fused-ring (bicyclic) bond motifs is 1. The maximum Gasteiger partial charge on any atom is 0.264 e. The van der Waals surface area contributed by atoms with Crippen LogP contribution in [-0.2, 0) is 11.3 Å². The zero-order valence-corrected chi connectivity index (χ0v) is 18.1. The first kappa shape index (κ1) is 20.5. The summed E-state index contributed by atoms with van der Waals surface area (Å²) < 4.78 is 3.00. The molecule has 0 bridgehead atoms. The molecule has 4 aromatic rings. The Kier molecular flexibility index (Phi) is 5.42. The number of hydrogen-bond acceptors (Lipinski definition) is 4. The van der Waals surface area contributed by atoms with Gasteiger partial charge in [0, 0.05) is 11.7 Å². The number of carbonyl (C=O) groups excluding carboxylic acids is 1. The van der Waals surface area contributed by atoms with Gasteiger partial charge in [0.2, 0.25) is 5.91 Å². The number of carbonyl (C=O) groups is 1. The van der Waals surface area contributed by atoms with Gasteiger partial charge in [-0.15, -0.1) is 0 Å². The number of amides is 1. The maximum absolute atomic E-state index is 13.1. The number of aromatic nitrogens is 4. The molecule has 0 saturated carbocycles. The van der Waals surface area contributed by atoms with Crippen LogP contribution in [0.4, 0.5) is 5.69 Å². The van der Waals surface area contributed by atoms with Gasteiger partial charge in [-0.1, -0.05) is 24.3 Å². The summed E-state index contributed by atoms with van der Waals surface area (Å²) in [5.74, 6) is -0.175. The molecule has 0 spiro atoms. The van der Waals surface area contributed by atoms with Gasteiger partial charge in [-0.2, -0.15) is 5.10 Å². The summed E-state index contributed by atoms with van der Waals surface area (Å²) >= 11 is 0. The van der Waals surface area contributed by atoms with Crippen molar-refractivity contribution in [2.24, 2.45) is 0 Å². The van der Waals surface area contributed by atoms with Crippen LogP contribution in [-0.4, -0.2) is 31.3 Å². The first-order chi connectivity index (χ1) is 14.8. The Morgan fingerprint density at radius 2 is 1.74 bits per heavy atom. The highest BCUT2D eigenvalue weighted by Gasteiger charge is 2.21. The van der Waals surface area contributed by atoms with Crippen LogP contribution in [0.15, 0.2) is 65.8 Å². The molecule has 0 aliphatic carbocycles. The van der Waals surface area contributed by atoms with Crippen molar-refractivity contribution < 1.29 is 4.79 Å². The molecule has 4 rings (SSSR count). The van der Waals surface area contributed by atoms with Crippen molar-refractivity contribution in [3.63, 3.8) is 0 Å². The van der Waals surface area contributed by atoms with Gasteiger partial charge >= 0.3 is 0 Å². The third kappa shape index (κ3) is 3.99. The quantitative estimate of drug-likeness (QED) is 0.499. The molecule has 31 heavy (non-hydrogen) atoms. The van der Waals surface area contributed by atoms with Crippen molar-refractivity contribution in [3.05, 3.63) is 82.5 Å². The largest absolute Gasteiger partial charge is 0.308 e. The lowest BCUT2D eigenvalue weighted by molar-refractivity contribution is -0.119. The highest BCUT2D eigenvalue weighted by Crippen LogP contribution is 2.19. The molecule has 2 aromatic heterocycles. The second-order valence-corrected chi connectivity index (χ2v) is 8.01. The Labute approximate surface area is 180 Å². The third-order valence-corrected chi connectivity index (χ3v) is 5.13. The van der Waals surface area contributed by atoms with Gasteiger partial charge in [-0.3, -0.25) is 14.2 Å². The van der Waals surface area contributed by atoms with E-state index in [1.54, 1.807) is 9.58 Å². The molecule has 0 aliphatic heterocycles. The molecule has 1 amide bonds. The zero-order chi connectivity index (χ0) is 22.1. The van der Waals surface area contributed by atoms with Gasteiger partial charge in [0.05, 0.1) is 11.9 Å². The van der Waals surface area contributed by atoms with E-state index in [4.69, 9.17) is 0 Å². The Hall–Kier alpha value is -3.74. The summed E-state index contributed by atoms with van der Waals surface area (Å²) in [6, 6.07) is 15.5. The van der Waals surface area contributed by atoms with Crippen LogP contribution in [0.25, 0.3) is 16.7 Å². The fraction of sp³-hybridized carbons (Fsp3) is 0.250. The Morgan fingerprint density at radius 3 is 2.39 bits per heavy atom. The molecule has 2 aromatic carbocycles. The number of para-hydroxylation sites is 1. The molecule has 0 N–H and O–H groups in total. The molecular weight excluding hydrogens is 390 g/mol. The van der Waals surface area contributed by atoms with E-state index in [-0.39, 0.29) is 24.1 Å². The Bertz CT molecular complexity index is 1280. The number of rotatable bonds is 5. The van der Waals surface area contributed by atoms with Crippen molar-refractivity contribution >= 4 is 22.6 Å². The van der Waals surface area contributed by atoms with E-state index in [1.807, 2.05) is 70.2 Å². The van der Waals surface area contributed by atoms with E-state index in [2.05, 4.69) is 16.1 Å². The molecule has 0 aliphatic rings. The maximum atomic E-state index is 13.1. The fourth-order valence-corrected chi connectivity index (χ4v) is 3.86. The minimum atomic E-state index is -0.286. The lowest BCUT2D eigenvalue weighted by Crippen LogP contribution is -2.41. The minimum Gasteiger partial charge on any atom is -0.308 e. The summed E-state index contributed by atoms with van der Waals surface area (Å²) in [7, 11) is 0. The molecule has 0 fully saturated rings. The minimum absolute atomic E-state index is 0.0467. The second-order valence-electron chi connectivity index (χ2n) is 8.01. The van der Waals surface area contributed by atoms with Gasteiger partial charge in [-0.25, -0.2) is 9.67 Å². The van der Waals surface area contributed by atoms with Crippen molar-refractivity contribution in [1.82, 2.24) is 19.3 Å². The highest BCUT2D eigenvalue weighted by atomic mass is 16.2. The Morgan fingerprint density at radius 1 is 1.06 bits per heavy atom. The van der Waals surface area contributed by atoms with E-state index in [9.17, 15) is 9.59 Å². The van der Waals surface area contributed by atoms with Crippen LogP contribution in [0.3, 0.4) is 0 Å². The van der Waals surface area contributed by atoms with Gasteiger partial charge in [0.25, 0.3) is 5.56 Å². The van der Waals surface area contributed by atoms with Crippen molar-refractivity contribution in [1.29, 1.82) is 0 Å². The van der Waals surface area contributed by atoms with Crippen LogP contribution in [0.2, 0.25) is 0 Å². The Balaban J connectivity index is 1.69.